The number of nitrogens with one attached hydrogen (secondary N) is 1. The van der Waals surface area contributed by atoms with Crippen molar-refractivity contribution >= 4 is 5.78 Å². The number of carbonyl (C=O) groups excluding carboxylic acids is 1. The zero-order valence-corrected chi connectivity index (χ0v) is 11.7. The summed E-state index contributed by atoms with van der Waals surface area (Å²) in [6, 6.07) is 2.44. The van der Waals surface area contributed by atoms with E-state index in [1.165, 1.54) is 0 Å². The Kier molecular flexibility index (Phi) is 4.37. The molecule has 0 bridgehead atoms. The maximum Gasteiger partial charge on any atom is 0.419 e. The number of halogens is 4. The van der Waals surface area contributed by atoms with Crippen LogP contribution in [0.4, 0.5) is 17.6 Å². The van der Waals surface area contributed by atoms with Crippen molar-refractivity contribution in [2.75, 3.05) is 13.1 Å². The third-order valence-corrected chi connectivity index (χ3v) is 4.26. The second-order valence-corrected chi connectivity index (χ2v) is 5.41. The number of benzene rings is 1. The van der Waals surface area contributed by atoms with Crippen LogP contribution in [0.1, 0.15) is 42.1 Å². The SMILES string of the molecule is CCC1(C(=O)c2ccc(C(F)(F)F)c(F)c2)CCNCC1. The van der Waals surface area contributed by atoms with Gasteiger partial charge in [-0.1, -0.05) is 13.0 Å². The summed E-state index contributed by atoms with van der Waals surface area (Å²) in [4.78, 5) is 12.6. The van der Waals surface area contributed by atoms with Crippen molar-refractivity contribution in [1.82, 2.24) is 5.32 Å². The van der Waals surface area contributed by atoms with Gasteiger partial charge in [0.25, 0.3) is 0 Å². The molecule has 0 radical (unpaired) electrons. The predicted octanol–water partition coefficient (Wildman–Crippen LogP) is 3.81. The lowest BCUT2D eigenvalue weighted by molar-refractivity contribution is -0.140. The molecule has 1 heterocycles. The average Bonchev–Trinajstić information content (AvgIpc) is 2.45. The van der Waals surface area contributed by atoms with Crippen molar-refractivity contribution in [3.63, 3.8) is 0 Å². The second kappa shape index (κ2) is 5.75. The molecule has 1 aliphatic heterocycles. The molecule has 0 amide bonds. The van der Waals surface area contributed by atoms with E-state index in [0.717, 1.165) is 6.07 Å². The van der Waals surface area contributed by atoms with E-state index in [2.05, 4.69) is 5.32 Å². The lowest BCUT2D eigenvalue weighted by Crippen LogP contribution is -2.41. The Morgan fingerprint density at radius 1 is 1.29 bits per heavy atom. The summed E-state index contributed by atoms with van der Waals surface area (Å²) in [6.45, 7) is 3.25. The molecule has 116 valence electrons. The number of Topliss-reactive ketones (excluding diaryl/α,β-unsaturated/α-hetero) is 1. The van der Waals surface area contributed by atoms with Crippen LogP contribution in [0.2, 0.25) is 0 Å². The molecular weight excluding hydrogens is 286 g/mol. The predicted molar refractivity (Wildman–Crippen MR) is 70.6 cm³/mol. The summed E-state index contributed by atoms with van der Waals surface area (Å²) >= 11 is 0. The average molecular weight is 303 g/mol. The second-order valence-electron chi connectivity index (χ2n) is 5.41. The number of hydrogen-bond acceptors (Lipinski definition) is 2. The molecule has 0 saturated carbocycles. The molecule has 0 atom stereocenters. The molecule has 0 aliphatic carbocycles. The first-order chi connectivity index (χ1) is 9.80. The van der Waals surface area contributed by atoms with E-state index >= 15 is 0 Å². The molecule has 1 aromatic carbocycles. The van der Waals surface area contributed by atoms with Gasteiger partial charge in [-0.15, -0.1) is 0 Å². The Morgan fingerprint density at radius 2 is 1.90 bits per heavy atom. The maximum atomic E-state index is 13.6. The maximum absolute atomic E-state index is 13.6. The van der Waals surface area contributed by atoms with Gasteiger partial charge in [0.05, 0.1) is 5.56 Å². The minimum Gasteiger partial charge on any atom is -0.317 e. The molecule has 0 spiro atoms. The van der Waals surface area contributed by atoms with Gasteiger partial charge < -0.3 is 5.32 Å². The third-order valence-electron chi connectivity index (χ3n) is 4.26. The number of hydrogen-bond donors (Lipinski definition) is 1. The minimum absolute atomic E-state index is 0.0178. The Morgan fingerprint density at radius 3 is 2.38 bits per heavy atom. The largest absolute Gasteiger partial charge is 0.419 e. The number of ketones is 1. The molecule has 1 N–H and O–H groups in total. The van der Waals surface area contributed by atoms with Crippen LogP contribution < -0.4 is 5.32 Å². The molecule has 0 unspecified atom stereocenters. The highest BCUT2D eigenvalue weighted by atomic mass is 19.4. The van der Waals surface area contributed by atoms with Gasteiger partial charge in [0.1, 0.15) is 5.82 Å². The lowest BCUT2D eigenvalue weighted by atomic mass is 9.71. The van der Waals surface area contributed by atoms with Gasteiger partial charge in [-0.3, -0.25) is 4.79 Å². The highest BCUT2D eigenvalue weighted by molar-refractivity contribution is 6.00. The van der Waals surface area contributed by atoms with Crippen LogP contribution in [-0.4, -0.2) is 18.9 Å². The van der Waals surface area contributed by atoms with E-state index in [4.69, 9.17) is 0 Å². The standard InChI is InChI=1S/C15H17F4NO/c1-2-14(5-7-20-8-6-14)13(21)10-3-4-11(12(16)9-10)15(17,18)19/h3-4,9,20H,2,5-8H2,1H3. The molecule has 1 aliphatic rings. The monoisotopic (exact) mass is 303 g/mol. The first-order valence-electron chi connectivity index (χ1n) is 6.92. The summed E-state index contributed by atoms with van der Waals surface area (Å²) < 4.78 is 51.3. The first-order valence-corrected chi connectivity index (χ1v) is 6.92. The van der Waals surface area contributed by atoms with E-state index in [1.54, 1.807) is 0 Å². The van der Waals surface area contributed by atoms with Crippen molar-refractivity contribution in [3.8, 4) is 0 Å². The summed E-state index contributed by atoms with van der Waals surface area (Å²) in [5.74, 6) is -1.66. The van der Waals surface area contributed by atoms with Crippen molar-refractivity contribution in [3.05, 3.63) is 35.1 Å². The number of alkyl halides is 3. The van der Waals surface area contributed by atoms with Gasteiger partial charge >= 0.3 is 6.18 Å². The molecule has 2 nitrogen and oxygen atoms in total. The smallest absolute Gasteiger partial charge is 0.317 e. The number of carbonyl (C=O) groups is 1. The fourth-order valence-electron chi connectivity index (χ4n) is 2.84. The van der Waals surface area contributed by atoms with Crippen LogP contribution in [0.5, 0.6) is 0 Å². The van der Waals surface area contributed by atoms with Crippen LogP contribution in [0.15, 0.2) is 18.2 Å². The zero-order chi connectivity index (χ0) is 15.7. The highest BCUT2D eigenvalue weighted by Crippen LogP contribution is 2.37. The molecule has 1 fully saturated rings. The van der Waals surface area contributed by atoms with Crippen molar-refractivity contribution < 1.29 is 22.4 Å². The summed E-state index contributed by atoms with van der Waals surface area (Å²) in [7, 11) is 0. The highest BCUT2D eigenvalue weighted by Gasteiger charge is 2.39. The Hall–Kier alpha value is -1.43. The molecule has 1 aromatic rings. The number of rotatable bonds is 3. The van der Waals surface area contributed by atoms with E-state index in [-0.39, 0.29) is 11.3 Å². The summed E-state index contributed by atoms with van der Waals surface area (Å²) in [6.07, 6.45) is -2.92. The van der Waals surface area contributed by atoms with Crippen molar-refractivity contribution in [2.24, 2.45) is 5.41 Å². The quantitative estimate of drug-likeness (QED) is 0.679. The van der Waals surface area contributed by atoms with Crippen molar-refractivity contribution in [2.45, 2.75) is 32.4 Å². The van der Waals surface area contributed by atoms with Crippen LogP contribution in [0, 0.1) is 11.2 Å². The molecule has 2 rings (SSSR count). The zero-order valence-electron chi connectivity index (χ0n) is 11.7. The van der Waals surface area contributed by atoms with Gasteiger partial charge in [-0.05, 0) is 44.5 Å². The van der Waals surface area contributed by atoms with E-state index in [0.29, 0.717) is 44.5 Å². The van der Waals surface area contributed by atoms with Crippen LogP contribution in [0.3, 0.4) is 0 Å². The van der Waals surface area contributed by atoms with Crippen LogP contribution in [0.25, 0.3) is 0 Å². The Bertz CT molecular complexity index is 533. The van der Waals surface area contributed by atoms with Gasteiger partial charge in [0.2, 0.25) is 0 Å². The molecule has 21 heavy (non-hydrogen) atoms. The van der Waals surface area contributed by atoms with Gasteiger partial charge in [-0.25, -0.2) is 4.39 Å². The minimum atomic E-state index is -4.75. The van der Waals surface area contributed by atoms with Gasteiger partial charge in [0, 0.05) is 11.0 Å². The summed E-state index contributed by atoms with van der Waals surface area (Å²) in [5.41, 5.74) is -1.92. The summed E-state index contributed by atoms with van der Waals surface area (Å²) in [5, 5.41) is 3.15. The Labute approximate surface area is 120 Å². The normalized spacial score (nSPS) is 18.5. The fourth-order valence-corrected chi connectivity index (χ4v) is 2.84. The molecule has 6 heteroatoms. The van der Waals surface area contributed by atoms with Gasteiger partial charge in [0.15, 0.2) is 5.78 Å². The first kappa shape index (κ1) is 15.9. The third kappa shape index (κ3) is 3.10. The fraction of sp³-hybridized carbons (Fsp3) is 0.533. The van der Waals surface area contributed by atoms with Crippen LogP contribution in [-0.2, 0) is 6.18 Å². The Balaban J connectivity index is 2.33. The van der Waals surface area contributed by atoms with E-state index in [1.807, 2.05) is 6.92 Å². The van der Waals surface area contributed by atoms with Crippen molar-refractivity contribution in [1.29, 1.82) is 0 Å². The van der Waals surface area contributed by atoms with Gasteiger partial charge in [-0.2, -0.15) is 13.2 Å². The van der Waals surface area contributed by atoms with E-state index in [9.17, 15) is 22.4 Å². The topological polar surface area (TPSA) is 29.1 Å². The van der Waals surface area contributed by atoms with E-state index < -0.39 is 23.0 Å². The molecule has 0 aromatic heterocycles. The number of piperidine rings is 1. The lowest BCUT2D eigenvalue weighted by Gasteiger charge is -2.35. The molecular formula is C15H17F4NO. The molecule has 1 saturated heterocycles. The van der Waals surface area contributed by atoms with Crippen LogP contribution >= 0.6 is 0 Å².